The molecular formula is C32H37N5O4. The molecule has 41 heavy (non-hydrogen) atoms. The molecule has 0 radical (unpaired) electrons. The third-order valence-corrected chi connectivity index (χ3v) is 7.38. The summed E-state index contributed by atoms with van der Waals surface area (Å²) in [6.45, 7) is 6.71. The standard InChI is InChI=1S/C32H37N5O4/c1-32(2,3)41-31(40)36-18-15-27(16-19-36)37(26-12-13-26)30(39)24-20-34-29(35-21-24)23-9-7-22(8-10-23)28(38)14-11-25-6-4-5-17-33-25/h4-10,17,20-21,26-27H,11-16,18-19H2,1-3H3. The minimum absolute atomic E-state index is 0.0566. The minimum atomic E-state index is -0.532. The molecular weight excluding hydrogens is 518 g/mol. The normalized spacial score (nSPS) is 15.8. The van der Waals surface area contributed by atoms with Gasteiger partial charge in [-0.2, -0.15) is 0 Å². The fourth-order valence-corrected chi connectivity index (χ4v) is 5.11. The number of aryl methyl sites for hydroxylation is 1. The van der Waals surface area contributed by atoms with Crippen molar-refractivity contribution in [2.24, 2.45) is 0 Å². The maximum absolute atomic E-state index is 13.6. The molecule has 2 amide bonds. The highest BCUT2D eigenvalue weighted by molar-refractivity contribution is 5.96. The SMILES string of the molecule is CC(C)(C)OC(=O)N1CCC(N(C(=O)c2cnc(-c3ccc(C(=O)CCc4ccccn4)cc3)nc2)C2CC2)CC1. The molecule has 2 aromatic heterocycles. The lowest BCUT2D eigenvalue weighted by molar-refractivity contribution is 0.0142. The van der Waals surface area contributed by atoms with E-state index in [1.165, 1.54) is 0 Å². The van der Waals surface area contributed by atoms with Gasteiger partial charge in [0.25, 0.3) is 5.91 Å². The zero-order chi connectivity index (χ0) is 29.0. The van der Waals surface area contributed by atoms with E-state index in [2.05, 4.69) is 15.0 Å². The highest BCUT2D eigenvalue weighted by Gasteiger charge is 2.40. The van der Waals surface area contributed by atoms with E-state index in [4.69, 9.17) is 4.74 Å². The van der Waals surface area contributed by atoms with Gasteiger partial charge < -0.3 is 14.5 Å². The summed E-state index contributed by atoms with van der Waals surface area (Å²) in [6.07, 6.45) is 9.00. The number of piperidine rings is 1. The summed E-state index contributed by atoms with van der Waals surface area (Å²) in [5.74, 6) is 0.488. The Balaban J connectivity index is 1.18. The maximum atomic E-state index is 13.6. The summed E-state index contributed by atoms with van der Waals surface area (Å²) in [4.78, 5) is 55.6. The Bertz CT molecular complexity index is 1360. The number of carbonyl (C=O) groups excluding carboxylic acids is 3. The van der Waals surface area contributed by atoms with Crippen LogP contribution in [0.5, 0.6) is 0 Å². The summed E-state index contributed by atoms with van der Waals surface area (Å²) in [6, 6.07) is 13.2. The monoisotopic (exact) mass is 555 g/mol. The van der Waals surface area contributed by atoms with Crippen LogP contribution in [0.2, 0.25) is 0 Å². The average Bonchev–Trinajstić information content (AvgIpc) is 3.81. The van der Waals surface area contributed by atoms with Gasteiger partial charge in [0.2, 0.25) is 0 Å². The van der Waals surface area contributed by atoms with E-state index in [0.29, 0.717) is 55.7 Å². The Morgan fingerprint density at radius 2 is 1.54 bits per heavy atom. The van der Waals surface area contributed by atoms with Crippen LogP contribution in [0.25, 0.3) is 11.4 Å². The summed E-state index contributed by atoms with van der Waals surface area (Å²) >= 11 is 0. The fourth-order valence-electron chi connectivity index (χ4n) is 5.11. The Morgan fingerprint density at radius 3 is 2.12 bits per heavy atom. The van der Waals surface area contributed by atoms with Gasteiger partial charge in [0.05, 0.1) is 5.56 Å². The Labute approximate surface area is 241 Å². The second kappa shape index (κ2) is 12.2. The van der Waals surface area contributed by atoms with Crippen LogP contribution in [-0.2, 0) is 11.2 Å². The van der Waals surface area contributed by atoms with Crippen LogP contribution < -0.4 is 0 Å². The van der Waals surface area contributed by atoms with Crippen LogP contribution in [0.4, 0.5) is 4.79 Å². The van der Waals surface area contributed by atoms with E-state index in [9.17, 15) is 14.4 Å². The van der Waals surface area contributed by atoms with Gasteiger partial charge in [-0.25, -0.2) is 14.8 Å². The van der Waals surface area contributed by atoms with E-state index >= 15 is 0 Å². The third-order valence-electron chi connectivity index (χ3n) is 7.38. The van der Waals surface area contributed by atoms with Crippen molar-refractivity contribution in [3.8, 4) is 11.4 Å². The third kappa shape index (κ3) is 7.34. The first-order valence-corrected chi connectivity index (χ1v) is 14.3. The number of ketones is 1. The highest BCUT2D eigenvalue weighted by Crippen LogP contribution is 2.33. The molecule has 1 saturated heterocycles. The molecule has 2 fully saturated rings. The summed E-state index contributed by atoms with van der Waals surface area (Å²) in [5, 5.41) is 0. The van der Waals surface area contributed by atoms with Crippen LogP contribution in [0.15, 0.2) is 61.1 Å². The zero-order valence-corrected chi connectivity index (χ0v) is 24.0. The van der Waals surface area contributed by atoms with Gasteiger partial charge in [-0.05, 0) is 65.0 Å². The average molecular weight is 556 g/mol. The van der Waals surface area contributed by atoms with Crippen LogP contribution in [-0.4, -0.2) is 73.3 Å². The summed E-state index contributed by atoms with van der Waals surface area (Å²) < 4.78 is 5.51. The first-order valence-electron chi connectivity index (χ1n) is 14.3. The molecule has 1 aliphatic heterocycles. The topological polar surface area (TPSA) is 106 Å². The first kappa shape index (κ1) is 28.4. The van der Waals surface area contributed by atoms with Crippen LogP contribution in [0, 0.1) is 0 Å². The van der Waals surface area contributed by atoms with E-state index in [1.807, 2.05) is 56.0 Å². The van der Waals surface area contributed by atoms with Gasteiger partial charge in [-0.15, -0.1) is 0 Å². The Kier molecular flexibility index (Phi) is 8.42. The number of Topliss-reactive ketones (excluding diaryl/α,β-unsaturated/α-hetero) is 1. The lowest BCUT2D eigenvalue weighted by Gasteiger charge is -2.39. The second-order valence-corrected chi connectivity index (χ2v) is 11.8. The van der Waals surface area contributed by atoms with Gasteiger partial charge >= 0.3 is 6.09 Å². The molecule has 3 heterocycles. The van der Waals surface area contributed by atoms with Crippen LogP contribution in [0.3, 0.4) is 0 Å². The van der Waals surface area contributed by atoms with Crippen molar-refractivity contribution in [3.05, 3.63) is 77.9 Å². The molecule has 2 aliphatic rings. The van der Waals surface area contributed by atoms with Crippen LogP contribution in [0.1, 0.15) is 79.3 Å². The molecule has 9 heteroatoms. The van der Waals surface area contributed by atoms with Crippen molar-refractivity contribution in [2.75, 3.05) is 13.1 Å². The molecule has 0 atom stereocenters. The predicted molar refractivity (Wildman–Crippen MR) is 154 cm³/mol. The molecule has 5 rings (SSSR count). The Morgan fingerprint density at radius 1 is 0.878 bits per heavy atom. The zero-order valence-electron chi connectivity index (χ0n) is 24.0. The Hall–Kier alpha value is -4.14. The molecule has 9 nitrogen and oxygen atoms in total. The largest absolute Gasteiger partial charge is 0.444 e. The molecule has 1 saturated carbocycles. The molecule has 0 N–H and O–H groups in total. The number of carbonyl (C=O) groups is 3. The molecule has 1 aromatic carbocycles. The highest BCUT2D eigenvalue weighted by atomic mass is 16.6. The number of hydrogen-bond acceptors (Lipinski definition) is 7. The number of benzene rings is 1. The van der Waals surface area contributed by atoms with Crippen molar-refractivity contribution in [1.29, 1.82) is 0 Å². The van der Waals surface area contributed by atoms with Gasteiger partial charge in [-0.3, -0.25) is 14.6 Å². The number of rotatable bonds is 8. The van der Waals surface area contributed by atoms with Crippen molar-refractivity contribution in [2.45, 2.75) is 77.0 Å². The number of ether oxygens (including phenoxy) is 1. The molecule has 3 aromatic rings. The summed E-state index contributed by atoms with van der Waals surface area (Å²) in [7, 11) is 0. The molecule has 0 spiro atoms. The number of likely N-dealkylation sites (tertiary alicyclic amines) is 1. The minimum Gasteiger partial charge on any atom is -0.444 e. The predicted octanol–water partition coefficient (Wildman–Crippen LogP) is 5.36. The fraction of sp³-hybridized carbons (Fsp3) is 0.438. The molecule has 214 valence electrons. The quantitative estimate of drug-likeness (QED) is 0.345. The second-order valence-electron chi connectivity index (χ2n) is 11.8. The molecule has 0 unspecified atom stereocenters. The first-order chi connectivity index (χ1) is 19.7. The van der Waals surface area contributed by atoms with Crippen molar-refractivity contribution in [1.82, 2.24) is 24.8 Å². The maximum Gasteiger partial charge on any atom is 0.410 e. The van der Waals surface area contributed by atoms with Crippen molar-refractivity contribution >= 4 is 17.8 Å². The summed E-state index contributed by atoms with van der Waals surface area (Å²) in [5.41, 5.74) is 2.23. The van der Waals surface area contributed by atoms with E-state index in [-0.39, 0.29) is 29.9 Å². The number of hydrogen-bond donors (Lipinski definition) is 0. The molecule has 0 bridgehead atoms. The van der Waals surface area contributed by atoms with Crippen molar-refractivity contribution in [3.63, 3.8) is 0 Å². The van der Waals surface area contributed by atoms with E-state index < -0.39 is 5.60 Å². The van der Waals surface area contributed by atoms with Gasteiger partial charge in [0, 0.05) is 67.0 Å². The lowest BCUT2D eigenvalue weighted by Crippen LogP contribution is -2.50. The van der Waals surface area contributed by atoms with Crippen molar-refractivity contribution < 1.29 is 19.1 Å². The van der Waals surface area contributed by atoms with E-state index in [0.717, 1.165) is 24.1 Å². The number of amides is 2. The van der Waals surface area contributed by atoms with Gasteiger partial charge in [0.15, 0.2) is 11.6 Å². The van der Waals surface area contributed by atoms with Crippen LogP contribution >= 0.6 is 0 Å². The smallest absolute Gasteiger partial charge is 0.410 e. The van der Waals surface area contributed by atoms with Gasteiger partial charge in [0.1, 0.15) is 5.60 Å². The lowest BCUT2D eigenvalue weighted by atomic mass is 10.0. The molecule has 1 aliphatic carbocycles. The number of aromatic nitrogens is 3. The van der Waals surface area contributed by atoms with E-state index in [1.54, 1.807) is 35.6 Å². The number of nitrogens with zero attached hydrogens (tertiary/aromatic N) is 5. The number of pyridine rings is 1. The van der Waals surface area contributed by atoms with Gasteiger partial charge in [-0.1, -0.05) is 30.3 Å².